The van der Waals surface area contributed by atoms with Crippen LogP contribution in [0.1, 0.15) is 25.8 Å². The van der Waals surface area contributed by atoms with Gasteiger partial charge in [-0.2, -0.15) is 5.01 Å². The van der Waals surface area contributed by atoms with Crippen molar-refractivity contribution in [2.75, 3.05) is 5.32 Å². The lowest BCUT2D eigenvalue weighted by atomic mass is 10.00. The van der Waals surface area contributed by atoms with E-state index in [-0.39, 0.29) is 29.3 Å². The summed E-state index contributed by atoms with van der Waals surface area (Å²) in [5.41, 5.74) is 0.590. The average molecular weight is 346 g/mol. The van der Waals surface area contributed by atoms with Crippen molar-refractivity contribution >= 4 is 40.7 Å². The highest BCUT2D eigenvalue weighted by molar-refractivity contribution is 7.80. The van der Waals surface area contributed by atoms with Crippen LogP contribution in [0.4, 0.5) is 5.69 Å². The van der Waals surface area contributed by atoms with Gasteiger partial charge in [0.15, 0.2) is 5.11 Å². The molecule has 3 rings (SSSR count). The van der Waals surface area contributed by atoms with Gasteiger partial charge in [-0.25, -0.2) is 5.01 Å². The Bertz CT molecular complexity index is 761. The number of carbonyl (C=O) groups excluding carboxylic acids is 3. The first-order chi connectivity index (χ1) is 11.2. The third kappa shape index (κ3) is 2.57. The molecule has 2 fully saturated rings. The molecule has 2 aliphatic rings. The minimum Gasteiger partial charge on any atom is -0.325 e. The van der Waals surface area contributed by atoms with Crippen molar-refractivity contribution in [2.24, 2.45) is 0 Å². The number of nitrogens with one attached hydrogen (secondary N) is 2. The minimum absolute atomic E-state index is 0.00943. The molecule has 1 aromatic rings. The number of thiocarbonyl (C=S) groups is 1. The summed E-state index contributed by atoms with van der Waals surface area (Å²) in [5.74, 6) is -0.994. The zero-order chi connectivity index (χ0) is 17.6. The molecule has 126 valence electrons. The lowest BCUT2D eigenvalue weighted by Crippen LogP contribution is -2.71. The quantitative estimate of drug-likeness (QED) is 0.779. The predicted molar refractivity (Wildman–Crippen MR) is 91.7 cm³/mol. The molecule has 0 bridgehead atoms. The number of amides is 3. The van der Waals surface area contributed by atoms with E-state index in [1.54, 1.807) is 19.9 Å². The van der Waals surface area contributed by atoms with Crippen LogP contribution in [0.3, 0.4) is 0 Å². The molecule has 2 saturated heterocycles. The van der Waals surface area contributed by atoms with Crippen LogP contribution in [-0.4, -0.2) is 44.4 Å². The van der Waals surface area contributed by atoms with E-state index in [1.807, 2.05) is 25.1 Å². The van der Waals surface area contributed by atoms with Crippen molar-refractivity contribution in [1.82, 2.24) is 15.3 Å². The number of hydrogen-bond donors (Lipinski definition) is 2. The summed E-state index contributed by atoms with van der Waals surface area (Å²) in [6.07, 6.45) is -0.0316. The zero-order valence-electron chi connectivity index (χ0n) is 13.6. The Hall–Kier alpha value is -2.32. The van der Waals surface area contributed by atoms with Crippen LogP contribution in [0, 0.1) is 6.92 Å². The Kier molecular flexibility index (Phi) is 3.89. The Labute approximate surface area is 145 Å². The number of anilines is 1. The lowest BCUT2D eigenvalue weighted by Gasteiger charge is -2.45. The summed E-state index contributed by atoms with van der Waals surface area (Å²) >= 11 is 5.09. The number of nitrogens with zero attached hydrogens (tertiary/aromatic N) is 2. The van der Waals surface area contributed by atoms with E-state index >= 15 is 0 Å². The molecular formula is C16H18N4O3S. The molecule has 7 nitrogen and oxygen atoms in total. The zero-order valence-corrected chi connectivity index (χ0v) is 14.4. The molecule has 1 aromatic carbocycles. The van der Waals surface area contributed by atoms with Crippen molar-refractivity contribution in [2.45, 2.75) is 38.8 Å². The first-order valence-electron chi connectivity index (χ1n) is 7.57. The van der Waals surface area contributed by atoms with E-state index in [9.17, 15) is 14.4 Å². The number of benzene rings is 1. The molecule has 0 aliphatic carbocycles. The van der Waals surface area contributed by atoms with E-state index in [0.29, 0.717) is 5.69 Å². The van der Waals surface area contributed by atoms with Gasteiger partial charge in [-0.05, 0) is 50.7 Å². The summed E-state index contributed by atoms with van der Waals surface area (Å²) in [4.78, 5) is 37.3. The van der Waals surface area contributed by atoms with E-state index in [1.165, 1.54) is 10.0 Å². The van der Waals surface area contributed by atoms with Crippen molar-refractivity contribution < 1.29 is 14.4 Å². The smallest absolute Gasteiger partial charge is 0.248 e. The standard InChI is InChI=1S/C16H18N4O3S/c1-9-5-4-6-10(7-9)17-13(22)11-8-12(21)19-15(24)18-14(23)16(2,3)20(11)19/h4-7,11H,8H2,1-3H3,(H,17,22)(H,18,23,24)/t11-/m0/s1. The second-order valence-corrected chi connectivity index (χ2v) is 6.83. The molecule has 0 spiro atoms. The first-order valence-corrected chi connectivity index (χ1v) is 7.98. The molecule has 0 aromatic heterocycles. The summed E-state index contributed by atoms with van der Waals surface area (Å²) in [6, 6.07) is 6.58. The molecule has 2 heterocycles. The monoisotopic (exact) mass is 346 g/mol. The van der Waals surface area contributed by atoms with Gasteiger partial charge in [0.2, 0.25) is 17.7 Å². The van der Waals surface area contributed by atoms with Gasteiger partial charge in [-0.15, -0.1) is 0 Å². The van der Waals surface area contributed by atoms with Crippen LogP contribution in [0.2, 0.25) is 0 Å². The molecule has 3 amide bonds. The summed E-state index contributed by atoms with van der Waals surface area (Å²) < 4.78 is 0. The average Bonchev–Trinajstić information content (AvgIpc) is 2.84. The number of rotatable bonds is 2. The molecule has 1 atom stereocenters. The van der Waals surface area contributed by atoms with Crippen LogP contribution in [0.15, 0.2) is 24.3 Å². The van der Waals surface area contributed by atoms with Gasteiger partial charge in [-0.1, -0.05) is 12.1 Å². The molecule has 8 heteroatoms. The summed E-state index contributed by atoms with van der Waals surface area (Å²) in [7, 11) is 0. The van der Waals surface area contributed by atoms with Crippen LogP contribution in [0.25, 0.3) is 0 Å². The maximum absolute atomic E-state index is 12.7. The molecular weight excluding hydrogens is 328 g/mol. The van der Waals surface area contributed by atoms with Gasteiger partial charge in [0.05, 0.1) is 6.42 Å². The van der Waals surface area contributed by atoms with Crippen molar-refractivity contribution in [3.05, 3.63) is 29.8 Å². The number of aryl methyl sites for hydroxylation is 1. The van der Waals surface area contributed by atoms with Crippen molar-refractivity contribution in [3.63, 3.8) is 0 Å². The highest BCUT2D eigenvalue weighted by Crippen LogP contribution is 2.32. The van der Waals surface area contributed by atoms with Gasteiger partial charge in [0.1, 0.15) is 11.6 Å². The molecule has 0 unspecified atom stereocenters. The van der Waals surface area contributed by atoms with E-state index in [2.05, 4.69) is 10.6 Å². The van der Waals surface area contributed by atoms with Crippen LogP contribution < -0.4 is 10.6 Å². The second-order valence-electron chi connectivity index (χ2n) is 6.45. The first kappa shape index (κ1) is 16.5. The highest BCUT2D eigenvalue weighted by Gasteiger charge is 2.56. The Morgan fingerprint density at radius 1 is 1.38 bits per heavy atom. The number of carbonyl (C=O) groups is 3. The summed E-state index contributed by atoms with van der Waals surface area (Å²) in [6.45, 7) is 5.23. The fourth-order valence-electron chi connectivity index (χ4n) is 3.01. The Balaban J connectivity index is 1.90. The fourth-order valence-corrected chi connectivity index (χ4v) is 3.29. The molecule has 2 aliphatic heterocycles. The topological polar surface area (TPSA) is 81.8 Å². The maximum Gasteiger partial charge on any atom is 0.248 e. The normalized spacial score (nSPS) is 23.0. The second kappa shape index (κ2) is 5.64. The Morgan fingerprint density at radius 3 is 2.75 bits per heavy atom. The van der Waals surface area contributed by atoms with Crippen molar-refractivity contribution in [1.29, 1.82) is 0 Å². The van der Waals surface area contributed by atoms with Crippen LogP contribution in [0.5, 0.6) is 0 Å². The number of hydrogen-bond acceptors (Lipinski definition) is 5. The van der Waals surface area contributed by atoms with Gasteiger partial charge in [0.25, 0.3) is 0 Å². The van der Waals surface area contributed by atoms with Gasteiger partial charge < -0.3 is 5.32 Å². The predicted octanol–water partition coefficient (Wildman–Crippen LogP) is 0.945. The minimum atomic E-state index is -1.07. The highest BCUT2D eigenvalue weighted by atomic mass is 32.1. The van der Waals surface area contributed by atoms with E-state index < -0.39 is 11.6 Å². The number of hydrazine groups is 1. The summed E-state index contributed by atoms with van der Waals surface area (Å²) in [5, 5.41) is 8.03. The SMILES string of the molecule is Cc1cccc(NC(=O)[C@@H]2CC(=O)N3C(=S)NC(=O)C(C)(C)N23)c1. The van der Waals surface area contributed by atoms with Gasteiger partial charge in [-0.3, -0.25) is 19.7 Å². The number of fused-ring (bicyclic) bond motifs is 1. The molecule has 24 heavy (non-hydrogen) atoms. The Morgan fingerprint density at radius 2 is 2.08 bits per heavy atom. The van der Waals surface area contributed by atoms with Crippen LogP contribution >= 0.6 is 12.2 Å². The third-order valence-corrected chi connectivity index (χ3v) is 4.52. The van der Waals surface area contributed by atoms with Crippen LogP contribution in [-0.2, 0) is 14.4 Å². The maximum atomic E-state index is 12.7. The lowest BCUT2D eigenvalue weighted by molar-refractivity contribution is -0.154. The molecule has 0 saturated carbocycles. The fraction of sp³-hybridized carbons (Fsp3) is 0.375. The van der Waals surface area contributed by atoms with Gasteiger partial charge >= 0.3 is 0 Å². The molecule has 2 N–H and O–H groups in total. The van der Waals surface area contributed by atoms with Crippen molar-refractivity contribution in [3.8, 4) is 0 Å². The third-order valence-electron chi connectivity index (χ3n) is 4.24. The molecule has 0 radical (unpaired) electrons. The van der Waals surface area contributed by atoms with Gasteiger partial charge in [0, 0.05) is 5.69 Å². The van der Waals surface area contributed by atoms with E-state index in [4.69, 9.17) is 12.2 Å². The largest absolute Gasteiger partial charge is 0.325 e. The van der Waals surface area contributed by atoms with E-state index in [0.717, 1.165) is 5.56 Å².